The van der Waals surface area contributed by atoms with Crippen LogP contribution in [-0.4, -0.2) is 45.9 Å². The fourth-order valence-electron chi connectivity index (χ4n) is 2.19. The first-order chi connectivity index (χ1) is 10.3. The number of hydrogen-bond acceptors (Lipinski definition) is 5. The number of nitrogens with zero attached hydrogens (tertiary/aromatic N) is 2. The molecule has 0 spiro atoms. The highest BCUT2D eigenvalue weighted by molar-refractivity contribution is 5.69. The fourth-order valence-corrected chi connectivity index (χ4v) is 2.19. The van der Waals surface area contributed by atoms with Crippen molar-refractivity contribution in [1.29, 1.82) is 0 Å². The van der Waals surface area contributed by atoms with Crippen LogP contribution >= 0.6 is 0 Å². The van der Waals surface area contributed by atoms with Crippen molar-refractivity contribution in [3.63, 3.8) is 0 Å². The summed E-state index contributed by atoms with van der Waals surface area (Å²) in [4.78, 5) is 17.8. The number of hydrogen-bond donors (Lipinski definition) is 1. The average molecular weight is 308 g/mol. The Labute approximate surface area is 131 Å². The Kier molecular flexibility index (Phi) is 4.90. The molecule has 1 atom stereocenters. The largest absolute Gasteiger partial charge is 0.490 e. The SMILES string of the molecule is Cc1cc(OC[C@@H]2CCN2C(=O)OC(C)(C)C)cnc1CO. The van der Waals surface area contributed by atoms with Gasteiger partial charge in [-0.3, -0.25) is 4.98 Å². The monoisotopic (exact) mass is 308 g/mol. The van der Waals surface area contributed by atoms with Gasteiger partial charge in [0.2, 0.25) is 0 Å². The number of aryl methyl sites for hydroxylation is 1. The number of pyridine rings is 1. The molecule has 1 aromatic heterocycles. The highest BCUT2D eigenvalue weighted by atomic mass is 16.6. The predicted molar refractivity (Wildman–Crippen MR) is 81.7 cm³/mol. The van der Waals surface area contributed by atoms with Gasteiger partial charge in [-0.05, 0) is 45.7 Å². The van der Waals surface area contributed by atoms with Crippen molar-refractivity contribution in [2.75, 3.05) is 13.2 Å². The maximum Gasteiger partial charge on any atom is 0.410 e. The Morgan fingerprint density at radius 1 is 1.50 bits per heavy atom. The second-order valence-electron chi connectivity index (χ2n) is 6.52. The lowest BCUT2D eigenvalue weighted by Gasteiger charge is -2.41. The van der Waals surface area contributed by atoms with Gasteiger partial charge in [0.25, 0.3) is 0 Å². The molecule has 0 unspecified atom stereocenters. The van der Waals surface area contributed by atoms with Crippen LogP contribution in [0.15, 0.2) is 12.3 Å². The Hall–Kier alpha value is -1.82. The number of aliphatic hydroxyl groups is 1. The molecule has 0 saturated carbocycles. The van der Waals surface area contributed by atoms with Gasteiger partial charge in [-0.25, -0.2) is 4.79 Å². The Morgan fingerprint density at radius 2 is 2.23 bits per heavy atom. The highest BCUT2D eigenvalue weighted by Crippen LogP contribution is 2.23. The lowest BCUT2D eigenvalue weighted by molar-refractivity contribution is -0.0141. The third kappa shape index (κ3) is 4.10. The van der Waals surface area contributed by atoms with E-state index in [-0.39, 0.29) is 18.7 Å². The van der Waals surface area contributed by atoms with Gasteiger partial charge in [0, 0.05) is 6.54 Å². The Bertz CT molecular complexity index is 539. The summed E-state index contributed by atoms with van der Waals surface area (Å²) in [5.74, 6) is 0.644. The zero-order valence-corrected chi connectivity index (χ0v) is 13.6. The second kappa shape index (κ2) is 6.52. The summed E-state index contributed by atoms with van der Waals surface area (Å²) >= 11 is 0. The van der Waals surface area contributed by atoms with Gasteiger partial charge in [0.1, 0.15) is 18.0 Å². The van der Waals surface area contributed by atoms with E-state index in [9.17, 15) is 4.79 Å². The van der Waals surface area contributed by atoms with Crippen molar-refractivity contribution in [2.24, 2.45) is 0 Å². The summed E-state index contributed by atoms with van der Waals surface area (Å²) in [5, 5.41) is 9.10. The summed E-state index contributed by atoms with van der Waals surface area (Å²) in [6.07, 6.45) is 2.20. The number of amides is 1. The summed E-state index contributed by atoms with van der Waals surface area (Å²) < 4.78 is 11.1. The normalized spacial score (nSPS) is 17.9. The zero-order chi connectivity index (χ0) is 16.3. The van der Waals surface area contributed by atoms with Crippen LogP contribution < -0.4 is 4.74 Å². The number of aromatic nitrogens is 1. The van der Waals surface area contributed by atoms with Gasteiger partial charge in [0.15, 0.2) is 0 Å². The molecule has 0 radical (unpaired) electrons. The minimum atomic E-state index is -0.487. The maximum atomic E-state index is 12.0. The first kappa shape index (κ1) is 16.5. The molecule has 1 fully saturated rings. The topological polar surface area (TPSA) is 71.9 Å². The van der Waals surface area contributed by atoms with E-state index in [0.29, 0.717) is 24.6 Å². The van der Waals surface area contributed by atoms with E-state index in [2.05, 4.69) is 4.98 Å². The smallest absolute Gasteiger partial charge is 0.410 e. The Balaban J connectivity index is 1.87. The minimum absolute atomic E-state index is 0.0349. The molecule has 1 saturated heterocycles. The number of ether oxygens (including phenoxy) is 2. The van der Waals surface area contributed by atoms with E-state index in [4.69, 9.17) is 14.6 Å². The van der Waals surface area contributed by atoms with Crippen LogP contribution in [0.1, 0.15) is 38.4 Å². The molecular formula is C16H24N2O4. The van der Waals surface area contributed by atoms with E-state index in [1.165, 1.54) is 0 Å². The molecule has 0 aliphatic carbocycles. The number of carbonyl (C=O) groups excluding carboxylic acids is 1. The predicted octanol–water partition coefficient (Wildman–Crippen LogP) is 2.27. The van der Waals surface area contributed by atoms with E-state index < -0.39 is 5.60 Å². The summed E-state index contributed by atoms with van der Waals surface area (Å²) in [6.45, 7) is 8.47. The number of likely N-dealkylation sites (tertiary alicyclic amines) is 1. The molecule has 0 bridgehead atoms. The first-order valence-electron chi connectivity index (χ1n) is 7.49. The van der Waals surface area contributed by atoms with Crippen LogP contribution in [0.5, 0.6) is 5.75 Å². The first-order valence-corrected chi connectivity index (χ1v) is 7.49. The molecule has 1 N–H and O–H groups in total. The summed E-state index contributed by atoms with van der Waals surface area (Å²) in [6, 6.07) is 1.88. The summed E-state index contributed by atoms with van der Waals surface area (Å²) in [5.41, 5.74) is 1.04. The van der Waals surface area contributed by atoms with Crippen molar-refractivity contribution in [3.05, 3.63) is 23.5 Å². The van der Waals surface area contributed by atoms with Crippen molar-refractivity contribution < 1.29 is 19.4 Å². The van der Waals surface area contributed by atoms with Crippen LogP contribution in [0.4, 0.5) is 4.79 Å². The molecule has 22 heavy (non-hydrogen) atoms. The Morgan fingerprint density at radius 3 is 2.73 bits per heavy atom. The van der Waals surface area contributed by atoms with E-state index in [0.717, 1.165) is 12.0 Å². The van der Waals surface area contributed by atoms with Crippen molar-refractivity contribution in [3.8, 4) is 5.75 Å². The third-order valence-corrected chi connectivity index (χ3v) is 3.53. The minimum Gasteiger partial charge on any atom is -0.490 e. The third-order valence-electron chi connectivity index (χ3n) is 3.53. The molecule has 2 rings (SSSR count). The van der Waals surface area contributed by atoms with Gasteiger partial charge in [-0.2, -0.15) is 0 Å². The van der Waals surface area contributed by atoms with E-state index in [1.54, 1.807) is 11.1 Å². The van der Waals surface area contributed by atoms with Crippen molar-refractivity contribution in [2.45, 2.75) is 52.4 Å². The van der Waals surface area contributed by atoms with Crippen molar-refractivity contribution >= 4 is 6.09 Å². The number of aliphatic hydroxyl groups excluding tert-OH is 1. The quantitative estimate of drug-likeness (QED) is 0.924. The zero-order valence-electron chi connectivity index (χ0n) is 13.6. The number of carbonyl (C=O) groups is 1. The molecule has 6 heteroatoms. The average Bonchev–Trinajstić information content (AvgIpc) is 2.35. The highest BCUT2D eigenvalue weighted by Gasteiger charge is 2.35. The van der Waals surface area contributed by atoms with Crippen molar-refractivity contribution in [1.82, 2.24) is 9.88 Å². The van der Waals surface area contributed by atoms with Gasteiger partial charge in [-0.1, -0.05) is 0 Å². The molecule has 1 aliphatic heterocycles. The van der Waals surface area contributed by atoms with Gasteiger partial charge in [-0.15, -0.1) is 0 Å². The molecule has 6 nitrogen and oxygen atoms in total. The molecule has 1 aliphatic rings. The van der Waals surface area contributed by atoms with Crippen LogP contribution in [0.2, 0.25) is 0 Å². The van der Waals surface area contributed by atoms with Crippen LogP contribution in [0.25, 0.3) is 0 Å². The van der Waals surface area contributed by atoms with Gasteiger partial charge in [0.05, 0.1) is 24.5 Å². The van der Waals surface area contributed by atoms with E-state index in [1.807, 2.05) is 33.8 Å². The van der Waals surface area contributed by atoms with Gasteiger partial charge < -0.3 is 19.5 Å². The summed E-state index contributed by atoms with van der Waals surface area (Å²) in [7, 11) is 0. The van der Waals surface area contributed by atoms with Crippen LogP contribution in [0, 0.1) is 6.92 Å². The van der Waals surface area contributed by atoms with Gasteiger partial charge >= 0.3 is 6.09 Å². The molecule has 1 amide bonds. The maximum absolute atomic E-state index is 12.0. The lowest BCUT2D eigenvalue weighted by atomic mass is 10.1. The van der Waals surface area contributed by atoms with Crippen LogP contribution in [0.3, 0.4) is 0 Å². The molecule has 0 aromatic carbocycles. The molecule has 1 aromatic rings. The standard InChI is InChI=1S/C16H24N2O4/c1-11-7-13(8-17-14(11)9-19)21-10-12-5-6-18(12)15(20)22-16(2,3)4/h7-8,12,19H,5-6,9-10H2,1-4H3/t12-/m0/s1. The second-order valence-corrected chi connectivity index (χ2v) is 6.52. The van der Waals surface area contributed by atoms with E-state index >= 15 is 0 Å². The fraction of sp³-hybridized carbons (Fsp3) is 0.625. The number of rotatable bonds is 4. The molecule has 2 heterocycles. The molecule has 122 valence electrons. The van der Waals surface area contributed by atoms with Crippen LogP contribution in [-0.2, 0) is 11.3 Å². The molecular weight excluding hydrogens is 284 g/mol. The lowest BCUT2D eigenvalue weighted by Crippen LogP contribution is -2.55.